The van der Waals surface area contributed by atoms with Crippen molar-refractivity contribution in [1.29, 1.82) is 0 Å². The molecule has 18 heavy (non-hydrogen) atoms. The van der Waals surface area contributed by atoms with Crippen molar-refractivity contribution < 1.29 is 27.9 Å². The zero-order chi connectivity index (χ0) is 13.5. The van der Waals surface area contributed by atoms with Crippen LogP contribution in [-0.4, -0.2) is 22.4 Å². The van der Waals surface area contributed by atoms with Crippen LogP contribution in [0.4, 0.5) is 13.2 Å². The van der Waals surface area contributed by atoms with Gasteiger partial charge in [0.25, 0.3) is 0 Å². The molecule has 0 saturated carbocycles. The summed E-state index contributed by atoms with van der Waals surface area (Å²) in [6.07, 6.45) is -0.232. The first kappa shape index (κ1) is 12.4. The molecule has 0 aromatic heterocycles. The maximum Gasteiger partial charge on any atom is 0.351 e. The number of hydrogen-bond acceptors (Lipinski definition) is 3. The van der Waals surface area contributed by atoms with Gasteiger partial charge in [-0.15, -0.1) is 0 Å². The molecule has 1 aromatic rings. The fraction of sp³-hybridized carbons (Fsp3) is 0.273. The molecule has 1 aliphatic rings. The van der Waals surface area contributed by atoms with Crippen LogP contribution in [0, 0.1) is 17.5 Å². The molecule has 0 aliphatic carbocycles. The predicted octanol–water partition coefficient (Wildman–Crippen LogP) is 2.07. The highest BCUT2D eigenvalue weighted by molar-refractivity contribution is 6.04. The number of carboxylic acid groups (broad SMARTS) is 1. The molecule has 1 heterocycles. The first-order valence-corrected chi connectivity index (χ1v) is 4.97. The molecule has 0 spiro atoms. The van der Waals surface area contributed by atoms with E-state index in [1.807, 2.05) is 0 Å². The first-order chi connectivity index (χ1) is 8.33. The van der Waals surface area contributed by atoms with E-state index in [0.717, 1.165) is 0 Å². The number of benzene rings is 1. The van der Waals surface area contributed by atoms with E-state index < -0.39 is 29.0 Å². The lowest BCUT2D eigenvalue weighted by Crippen LogP contribution is -2.35. The SMILES string of the molecule is CC1(C(=O)O)CC(c2cc(F)c(F)cc2F)=NO1. The number of nitrogens with zero attached hydrogens (tertiary/aromatic N) is 1. The molecule has 1 N–H and O–H groups in total. The highest BCUT2D eigenvalue weighted by atomic mass is 19.2. The van der Waals surface area contributed by atoms with E-state index >= 15 is 0 Å². The highest BCUT2D eigenvalue weighted by Gasteiger charge is 2.43. The van der Waals surface area contributed by atoms with E-state index in [4.69, 9.17) is 9.94 Å². The topological polar surface area (TPSA) is 58.9 Å². The molecule has 1 unspecified atom stereocenters. The van der Waals surface area contributed by atoms with E-state index in [1.54, 1.807) is 0 Å². The third kappa shape index (κ3) is 1.92. The molecule has 0 fully saturated rings. The van der Waals surface area contributed by atoms with Gasteiger partial charge in [-0.2, -0.15) is 0 Å². The minimum absolute atomic E-state index is 0.0729. The summed E-state index contributed by atoms with van der Waals surface area (Å²) in [6, 6.07) is 1.00. The van der Waals surface area contributed by atoms with E-state index in [-0.39, 0.29) is 17.7 Å². The quantitative estimate of drug-likeness (QED) is 0.827. The molecule has 1 aromatic carbocycles. The molecular formula is C11H8F3NO3. The van der Waals surface area contributed by atoms with Crippen LogP contribution in [0.2, 0.25) is 0 Å². The summed E-state index contributed by atoms with van der Waals surface area (Å²) in [6.45, 7) is 1.25. The van der Waals surface area contributed by atoms with Gasteiger partial charge in [-0.3, -0.25) is 0 Å². The van der Waals surface area contributed by atoms with Crippen molar-refractivity contribution >= 4 is 11.7 Å². The minimum atomic E-state index is -1.62. The van der Waals surface area contributed by atoms with Crippen molar-refractivity contribution in [3.05, 3.63) is 35.1 Å². The molecule has 0 saturated heterocycles. The maximum atomic E-state index is 13.4. The zero-order valence-electron chi connectivity index (χ0n) is 9.21. The predicted molar refractivity (Wildman–Crippen MR) is 54.6 cm³/mol. The Morgan fingerprint density at radius 2 is 1.94 bits per heavy atom. The number of aliphatic carboxylic acids is 1. The number of halogens is 3. The maximum absolute atomic E-state index is 13.4. The summed E-state index contributed by atoms with van der Waals surface area (Å²) < 4.78 is 39.2. The van der Waals surface area contributed by atoms with Gasteiger partial charge in [0, 0.05) is 18.1 Å². The summed E-state index contributed by atoms with van der Waals surface area (Å²) in [5.41, 5.74) is -2.00. The van der Waals surface area contributed by atoms with Crippen molar-refractivity contribution in [1.82, 2.24) is 0 Å². The molecule has 0 radical (unpaired) electrons. The fourth-order valence-electron chi connectivity index (χ4n) is 1.54. The summed E-state index contributed by atoms with van der Waals surface area (Å²) in [4.78, 5) is 15.6. The van der Waals surface area contributed by atoms with Crippen LogP contribution in [0.15, 0.2) is 17.3 Å². The Labute approximate surface area is 99.7 Å². The molecule has 2 rings (SSSR count). The Kier molecular flexibility index (Phi) is 2.76. The van der Waals surface area contributed by atoms with Gasteiger partial charge in [0.2, 0.25) is 5.60 Å². The van der Waals surface area contributed by atoms with Crippen molar-refractivity contribution in [2.75, 3.05) is 0 Å². The molecule has 4 nitrogen and oxygen atoms in total. The van der Waals surface area contributed by atoms with E-state index in [0.29, 0.717) is 12.1 Å². The zero-order valence-corrected chi connectivity index (χ0v) is 9.21. The van der Waals surface area contributed by atoms with Crippen molar-refractivity contribution in [2.45, 2.75) is 18.9 Å². The smallest absolute Gasteiger partial charge is 0.351 e. The van der Waals surface area contributed by atoms with Gasteiger partial charge in [0.1, 0.15) is 5.82 Å². The van der Waals surface area contributed by atoms with Crippen molar-refractivity contribution in [3.8, 4) is 0 Å². The van der Waals surface area contributed by atoms with Crippen molar-refractivity contribution in [3.63, 3.8) is 0 Å². The third-order valence-corrected chi connectivity index (χ3v) is 2.64. The summed E-state index contributed by atoms with van der Waals surface area (Å²) in [7, 11) is 0. The van der Waals surface area contributed by atoms with Gasteiger partial charge in [-0.05, 0) is 13.0 Å². The average Bonchev–Trinajstić information content (AvgIpc) is 2.68. The number of rotatable bonds is 2. The van der Waals surface area contributed by atoms with E-state index in [2.05, 4.69) is 5.16 Å². The third-order valence-electron chi connectivity index (χ3n) is 2.64. The highest BCUT2D eigenvalue weighted by Crippen LogP contribution is 2.28. The largest absolute Gasteiger partial charge is 0.478 e. The number of hydrogen-bond donors (Lipinski definition) is 1. The number of oxime groups is 1. The van der Waals surface area contributed by atoms with Crippen molar-refractivity contribution in [2.24, 2.45) is 5.16 Å². The Bertz CT molecular complexity index is 559. The lowest BCUT2D eigenvalue weighted by atomic mass is 9.96. The minimum Gasteiger partial charge on any atom is -0.478 e. The molecular weight excluding hydrogens is 251 g/mol. The Balaban J connectivity index is 2.36. The first-order valence-electron chi connectivity index (χ1n) is 4.97. The van der Waals surface area contributed by atoms with Crippen LogP contribution in [0.5, 0.6) is 0 Å². The van der Waals surface area contributed by atoms with Crippen LogP contribution in [0.25, 0.3) is 0 Å². The van der Waals surface area contributed by atoms with Gasteiger partial charge in [-0.25, -0.2) is 18.0 Å². The Morgan fingerprint density at radius 3 is 2.50 bits per heavy atom. The molecule has 1 aliphatic heterocycles. The number of carboxylic acids is 1. The van der Waals surface area contributed by atoms with Crippen LogP contribution in [0.1, 0.15) is 18.9 Å². The molecule has 7 heteroatoms. The van der Waals surface area contributed by atoms with E-state index in [9.17, 15) is 18.0 Å². The van der Waals surface area contributed by atoms with Crippen LogP contribution < -0.4 is 0 Å². The summed E-state index contributed by atoms with van der Waals surface area (Å²) in [5.74, 6) is -4.86. The Morgan fingerprint density at radius 1 is 1.33 bits per heavy atom. The Hall–Kier alpha value is -2.05. The van der Waals surface area contributed by atoms with Gasteiger partial charge in [0.15, 0.2) is 11.6 Å². The fourth-order valence-corrected chi connectivity index (χ4v) is 1.54. The summed E-state index contributed by atoms with van der Waals surface area (Å²) in [5, 5.41) is 12.3. The standard InChI is InChI=1S/C11H8F3NO3/c1-11(10(16)17)4-9(15-18-11)5-2-7(13)8(14)3-6(5)12/h2-3H,4H2,1H3,(H,16,17). The van der Waals surface area contributed by atoms with E-state index in [1.165, 1.54) is 6.92 Å². The molecule has 0 bridgehead atoms. The van der Waals surface area contributed by atoms with Crippen LogP contribution in [0.3, 0.4) is 0 Å². The molecule has 0 amide bonds. The van der Waals surface area contributed by atoms with Crippen LogP contribution in [-0.2, 0) is 9.63 Å². The summed E-state index contributed by atoms with van der Waals surface area (Å²) >= 11 is 0. The molecule has 96 valence electrons. The normalized spacial score (nSPS) is 22.6. The lowest BCUT2D eigenvalue weighted by molar-refractivity contribution is -0.160. The van der Waals surface area contributed by atoms with Gasteiger partial charge >= 0.3 is 5.97 Å². The second-order valence-electron chi connectivity index (χ2n) is 4.09. The second-order valence-corrected chi connectivity index (χ2v) is 4.09. The monoisotopic (exact) mass is 259 g/mol. The van der Waals surface area contributed by atoms with Gasteiger partial charge < -0.3 is 9.94 Å². The van der Waals surface area contributed by atoms with Gasteiger partial charge in [0.05, 0.1) is 5.71 Å². The number of carbonyl (C=O) groups is 1. The lowest BCUT2D eigenvalue weighted by Gasteiger charge is -2.14. The van der Waals surface area contributed by atoms with Crippen LogP contribution >= 0.6 is 0 Å². The van der Waals surface area contributed by atoms with Gasteiger partial charge in [-0.1, -0.05) is 5.16 Å². The second kappa shape index (κ2) is 4.01. The average molecular weight is 259 g/mol. The molecule has 1 atom stereocenters.